The van der Waals surface area contributed by atoms with Crippen molar-refractivity contribution >= 4 is 12.0 Å². The SMILES string of the molecule is O=C(NC(CO)C(=O)NCCCCCO)OCC1c2ccccc2-c2ccccc21. The van der Waals surface area contributed by atoms with E-state index in [9.17, 15) is 14.7 Å². The third-order valence-corrected chi connectivity index (χ3v) is 5.27. The number of benzene rings is 2. The number of alkyl carbamates (subject to hydrolysis) is 1. The fourth-order valence-corrected chi connectivity index (χ4v) is 3.72. The highest BCUT2D eigenvalue weighted by atomic mass is 16.5. The standard InChI is InChI=1S/C23H28N2O5/c26-13-7-1-6-12-24-22(28)21(14-27)25-23(29)30-15-20-18-10-4-2-8-16(18)17-9-3-5-11-19(17)20/h2-5,8-11,20-21,26-27H,1,6-7,12-15H2,(H,24,28)(H,25,29). The van der Waals surface area contributed by atoms with Crippen LogP contribution in [-0.2, 0) is 9.53 Å². The average molecular weight is 412 g/mol. The lowest BCUT2D eigenvalue weighted by Crippen LogP contribution is -2.49. The van der Waals surface area contributed by atoms with Crippen LogP contribution in [0, 0.1) is 0 Å². The summed E-state index contributed by atoms with van der Waals surface area (Å²) < 4.78 is 5.41. The van der Waals surface area contributed by atoms with Crippen LogP contribution < -0.4 is 10.6 Å². The quantitative estimate of drug-likeness (QED) is 0.447. The molecule has 0 saturated heterocycles. The van der Waals surface area contributed by atoms with Crippen molar-refractivity contribution in [3.63, 3.8) is 0 Å². The largest absolute Gasteiger partial charge is 0.449 e. The molecule has 30 heavy (non-hydrogen) atoms. The summed E-state index contributed by atoms with van der Waals surface area (Å²) in [6.07, 6.45) is 1.44. The molecule has 0 aliphatic heterocycles. The molecular formula is C23H28N2O5. The Morgan fingerprint density at radius 2 is 1.57 bits per heavy atom. The molecule has 1 aliphatic carbocycles. The molecule has 0 radical (unpaired) electrons. The summed E-state index contributed by atoms with van der Waals surface area (Å²) in [5, 5.41) is 23.3. The Morgan fingerprint density at radius 3 is 2.17 bits per heavy atom. The normalized spacial score (nSPS) is 13.3. The van der Waals surface area contributed by atoms with Crippen LogP contribution in [0.3, 0.4) is 0 Å². The number of carbonyl (C=O) groups excluding carboxylic acids is 2. The van der Waals surface area contributed by atoms with Crippen molar-refractivity contribution in [3.8, 4) is 11.1 Å². The first-order valence-electron chi connectivity index (χ1n) is 10.3. The molecular weight excluding hydrogens is 384 g/mol. The Kier molecular flexibility index (Phi) is 7.82. The average Bonchev–Trinajstić information content (AvgIpc) is 3.09. The molecule has 2 amide bonds. The molecule has 0 fully saturated rings. The Hall–Kier alpha value is -2.90. The summed E-state index contributed by atoms with van der Waals surface area (Å²) in [4.78, 5) is 24.4. The van der Waals surface area contributed by atoms with Gasteiger partial charge in [0.05, 0.1) is 6.61 Å². The number of fused-ring (bicyclic) bond motifs is 3. The molecule has 0 heterocycles. The zero-order chi connectivity index (χ0) is 21.3. The fraction of sp³-hybridized carbons (Fsp3) is 0.391. The highest BCUT2D eigenvalue weighted by Gasteiger charge is 2.29. The summed E-state index contributed by atoms with van der Waals surface area (Å²) in [6, 6.07) is 15.0. The first-order valence-corrected chi connectivity index (χ1v) is 10.3. The van der Waals surface area contributed by atoms with E-state index in [0.29, 0.717) is 13.0 Å². The highest BCUT2D eigenvalue weighted by Crippen LogP contribution is 2.44. The monoisotopic (exact) mass is 412 g/mol. The van der Waals surface area contributed by atoms with Crippen molar-refractivity contribution in [1.29, 1.82) is 0 Å². The minimum atomic E-state index is -1.07. The van der Waals surface area contributed by atoms with E-state index in [2.05, 4.69) is 22.8 Å². The third-order valence-electron chi connectivity index (χ3n) is 5.27. The van der Waals surface area contributed by atoms with Gasteiger partial charge in [0.25, 0.3) is 0 Å². The molecule has 2 aromatic rings. The predicted molar refractivity (Wildman–Crippen MR) is 113 cm³/mol. The van der Waals surface area contributed by atoms with E-state index in [0.717, 1.165) is 35.1 Å². The van der Waals surface area contributed by atoms with Crippen LogP contribution in [0.1, 0.15) is 36.3 Å². The smallest absolute Gasteiger partial charge is 0.407 e. The van der Waals surface area contributed by atoms with Gasteiger partial charge in [-0.15, -0.1) is 0 Å². The van der Waals surface area contributed by atoms with Gasteiger partial charge in [0.2, 0.25) is 5.91 Å². The molecule has 0 bridgehead atoms. The number of ether oxygens (including phenoxy) is 1. The minimum absolute atomic E-state index is 0.0731. The summed E-state index contributed by atoms with van der Waals surface area (Å²) in [7, 11) is 0. The number of hydrogen-bond donors (Lipinski definition) is 4. The summed E-state index contributed by atoms with van der Waals surface area (Å²) in [5.41, 5.74) is 4.48. The molecule has 2 aromatic carbocycles. The van der Waals surface area contributed by atoms with E-state index in [1.54, 1.807) is 0 Å². The minimum Gasteiger partial charge on any atom is -0.449 e. The number of nitrogens with one attached hydrogen (secondary N) is 2. The lowest BCUT2D eigenvalue weighted by atomic mass is 9.98. The third kappa shape index (κ3) is 5.17. The maximum absolute atomic E-state index is 12.3. The van der Waals surface area contributed by atoms with E-state index >= 15 is 0 Å². The van der Waals surface area contributed by atoms with Gasteiger partial charge < -0.3 is 25.6 Å². The Balaban J connectivity index is 1.53. The summed E-state index contributed by atoms with van der Waals surface area (Å²) in [5.74, 6) is -0.536. The van der Waals surface area contributed by atoms with Crippen LogP contribution in [0.4, 0.5) is 4.79 Å². The number of hydrogen-bond acceptors (Lipinski definition) is 5. The van der Waals surface area contributed by atoms with Crippen LogP contribution in [-0.4, -0.2) is 54.6 Å². The van der Waals surface area contributed by atoms with Gasteiger partial charge in [-0.25, -0.2) is 4.79 Å². The second-order valence-corrected chi connectivity index (χ2v) is 7.28. The maximum atomic E-state index is 12.3. The number of aliphatic hydroxyl groups is 2. The van der Waals surface area contributed by atoms with Gasteiger partial charge in [-0.2, -0.15) is 0 Å². The second-order valence-electron chi connectivity index (χ2n) is 7.28. The van der Waals surface area contributed by atoms with Gasteiger partial charge >= 0.3 is 6.09 Å². The zero-order valence-corrected chi connectivity index (χ0v) is 16.8. The van der Waals surface area contributed by atoms with Gasteiger partial charge in [0, 0.05) is 19.1 Å². The van der Waals surface area contributed by atoms with Gasteiger partial charge in [0.15, 0.2) is 0 Å². The summed E-state index contributed by atoms with van der Waals surface area (Å²) in [6.45, 7) is 0.158. The molecule has 7 heteroatoms. The molecule has 7 nitrogen and oxygen atoms in total. The zero-order valence-electron chi connectivity index (χ0n) is 16.8. The molecule has 3 rings (SSSR count). The van der Waals surface area contributed by atoms with Crippen molar-refractivity contribution in [2.75, 3.05) is 26.4 Å². The Bertz CT molecular complexity index is 825. The van der Waals surface area contributed by atoms with Crippen molar-refractivity contribution in [2.24, 2.45) is 0 Å². The number of rotatable bonds is 10. The second kappa shape index (κ2) is 10.8. The lowest BCUT2D eigenvalue weighted by Gasteiger charge is -2.18. The van der Waals surface area contributed by atoms with Crippen LogP contribution >= 0.6 is 0 Å². The molecule has 0 spiro atoms. The van der Waals surface area contributed by atoms with Crippen LogP contribution in [0.2, 0.25) is 0 Å². The van der Waals surface area contributed by atoms with E-state index in [-0.39, 0.29) is 19.1 Å². The number of carbonyl (C=O) groups is 2. The predicted octanol–water partition coefficient (Wildman–Crippen LogP) is 2.16. The van der Waals surface area contributed by atoms with Crippen LogP contribution in [0.5, 0.6) is 0 Å². The van der Waals surface area contributed by atoms with Gasteiger partial charge in [-0.1, -0.05) is 48.5 Å². The van der Waals surface area contributed by atoms with Crippen LogP contribution in [0.15, 0.2) is 48.5 Å². The first-order chi connectivity index (χ1) is 14.7. The van der Waals surface area contributed by atoms with E-state index in [4.69, 9.17) is 9.84 Å². The molecule has 1 atom stereocenters. The lowest BCUT2D eigenvalue weighted by molar-refractivity contribution is -0.123. The van der Waals surface area contributed by atoms with Crippen molar-refractivity contribution in [1.82, 2.24) is 10.6 Å². The van der Waals surface area contributed by atoms with Crippen molar-refractivity contribution < 1.29 is 24.5 Å². The molecule has 4 N–H and O–H groups in total. The molecule has 1 aliphatic rings. The molecule has 0 saturated carbocycles. The van der Waals surface area contributed by atoms with E-state index in [1.807, 2.05) is 36.4 Å². The van der Waals surface area contributed by atoms with Gasteiger partial charge in [-0.05, 0) is 41.5 Å². The topological polar surface area (TPSA) is 108 Å². The number of unbranched alkanes of at least 4 members (excludes halogenated alkanes) is 2. The van der Waals surface area contributed by atoms with Gasteiger partial charge in [-0.3, -0.25) is 4.79 Å². The Labute approximate surface area is 176 Å². The first kappa shape index (κ1) is 21.8. The van der Waals surface area contributed by atoms with E-state index in [1.165, 1.54) is 0 Å². The Morgan fingerprint density at radius 1 is 0.933 bits per heavy atom. The van der Waals surface area contributed by atoms with Crippen molar-refractivity contribution in [2.45, 2.75) is 31.2 Å². The fourth-order valence-electron chi connectivity index (χ4n) is 3.72. The van der Waals surface area contributed by atoms with Gasteiger partial charge in [0.1, 0.15) is 12.6 Å². The molecule has 1 unspecified atom stereocenters. The highest BCUT2D eigenvalue weighted by molar-refractivity contribution is 5.85. The van der Waals surface area contributed by atoms with E-state index < -0.39 is 24.6 Å². The molecule has 0 aromatic heterocycles. The van der Waals surface area contributed by atoms with Crippen LogP contribution in [0.25, 0.3) is 11.1 Å². The summed E-state index contributed by atoms with van der Waals surface area (Å²) >= 11 is 0. The number of aliphatic hydroxyl groups excluding tert-OH is 2. The maximum Gasteiger partial charge on any atom is 0.407 e. The molecule has 160 valence electrons. The van der Waals surface area contributed by atoms with Crippen molar-refractivity contribution in [3.05, 3.63) is 59.7 Å². The number of amides is 2.